The van der Waals surface area contributed by atoms with Gasteiger partial charge in [0.15, 0.2) is 0 Å². The van der Waals surface area contributed by atoms with Gasteiger partial charge in [-0.05, 0) is 31.5 Å². The molecule has 20 heavy (non-hydrogen) atoms. The first kappa shape index (κ1) is 14.8. The summed E-state index contributed by atoms with van der Waals surface area (Å²) in [6.45, 7) is 3.56. The highest BCUT2D eigenvalue weighted by Gasteiger charge is 2.01. The summed E-state index contributed by atoms with van der Waals surface area (Å²) in [5.74, 6) is 0. The summed E-state index contributed by atoms with van der Waals surface area (Å²) in [5, 5.41) is 6.92. The minimum absolute atomic E-state index is 0.800. The van der Waals surface area contributed by atoms with E-state index < -0.39 is 0 Å². The number of nitrogens with one attached hydrogen (secondary N) is 1. The molecular formula is C16H23N3O. The van der Waals surface area contributed by atoms with Crippen molar-refractivity contribution >= 4 is 0 Å². The third-order valence-corrected chi connectivity index (χ3v) is 3.21. The van der Waals surface area contributed by atoms with E-state index in [2.05, 4.69) is 46.4 Å². The van der Waals surface area contributed by atoms with Gasteiger partial charge in [-0.3, -0.25) is 5.10 Å². The van der Waals surface area contributed by atoms with Crippen molar-refractivity contribution in [3.05, 3.63) is 53.9 Å². The first-order valence-electron chi connectivity index (χ1n) is 7.13. The number of aromatic nitrogens is 2. The number of benzene rings is 1. The Hall–Kier alpha value is -1.65. The third-order valence-electron chi connectivity index (χ3n) is 3.21. The van der Waals surface area contributed by atoms with Gasteiger partial charge in [0.1, 0.15) is 0 Å². The minimum atomic E-state index is 0.800. The van der Waals surface area contributed by atoms with Crippen molar-refractivity contribution in [2.75, 3.05) is 26.8 Å². The highest BCUT2D eigenvalue weighted by Crippen LogP contribution is 2.01. The van der Waals surface area contributed by atoms with Gasteiger partial charge in [-0.2, -0.15) is 5.10 Å². The molecule has 0 amide bonds. The topological polar surface area (TPSA) is 41.1 Å². The fraction of sp³-hybridized carbons (Fsp3) is 0.438. The van der Waals surface area contributed by atoms with Crippen LogP contribution >= 0.6 is 0 Å². The van der Waals surface area contributed by atoms with Crippen molar-refractivity contribution < 1.29 is 4.74 Å². The molecule has 1 aromatic carbocycles. The standard InChI is InChI=1S/C16H23N3O/c1-19(14-16-8-10-17-18-16)11-5-12-20-13-9-15-6-3-2-4-7-15/h2-4,6-8,10H,5,9,11-14H2,1H3,(H,17,18). The second-order valence-corrected chi connectivity index (χ2v) is 5.02. The molecule has 0 radical (unpaired) electrons. The maximum atomic E-state index is 5.68. The number of H-pyrrole nitrogens is 1. The van der Waals surface area contributed by atoms with Crippen molar-refractivity contribution in [2.45, 2.75) is 19.4 Å². The average molecular weight is 273 g/mol. The Labute approximate surface area is 120 Å². The van der Waals surface area contributed by atoms with Gasteiger partial charge in [0.05, 0.1) is 6.61 Å². The molecular weight excluding hydrogens is 250 g/mol. The summed E-state index contributed by atoms with van der Waals surface area (Å²) in [6.07, 6.45) is 3.83. The van der Waals surface area contributed by atoms with Crippen LogP contribution < -0.4 is 0 Å². The van der Waals surface area contributed by atoms with Crippen LogP contribution in [-0.2, 0) is 17.7 Å². The summed E-state index contributed by atoms with van der Waals surface area (Å²) in [4.78, 5) is 2.27. The molecule has 1 heterocycles. The van der Waals surface area contributed by atoms with Crippen molar-refractivity contribution in [1.82, 2.24) is 15.1 Å². The molecule has 2 rings (SSSR count). The van der Waals surface area contributed by atoms with Gasteiger partial charge in [-0.1, -0.05) is 30.3 Å². The van der Waals surface area contributed by atoms with Gasteiger partial charge < -0.3 is 9.64 Å². The van der Waals surface area contributed by atoms with E-state index in [0.29, 0.717) is 0 Å². The molecule has 0 spiro atoms. The van der Waals surface area contributed by atoms with Gasteiger partial charge >= 0.3 is 0 Å². The molecule has 108 valence electrons. The highest BCUT2D eigenvalue weighted by molar-refractivity contribution is 5.14. The highest BCUT2D eigenvalue weighted by atomic mass is 16.5. The van der Waals surface area contributed by atoms with E-state index in [0.717, 1.165) is 44.8 Å². The van der Waals surface area contributed by atoms with Crippen molar-refractivity contribution in [2.24, 2.45) is 0 Å². The van der Waals surface area contributed by atoms with E-state index in [1.807, 2.05) is 12.1 Å². The zero-order chi connectivity index (χ0) is 14.0. The third kappa shape index (κ3) is 5.55. The predicted octanol–water partition coefficient (Wildman–Crippen LogP) is 2.49. The molecule has 1 N–H and O–H groups in total. The smallest absolute Gasteiger partial charge is 0.0506 e. The number of ether oxygens (including phenoxy) is 1. The Balaban J connectivity index is 1.49. The van der Waals surface area contributed by atoms with Crippen LogP contribution in [-0.4, -0.2) is 41.9 Å². The number of nitrogens with zero attached hydrogens (tertiary/aromatic N) is 2. The number of hydrogen-bond acceptors (Lipinski definition) is 3. The molecule has 0 aliphatic heterocycles. The van der Waals surface area contributed by atoms with Gasteiger partial charge in [0.2, 0.25) is 0 Å². The first-order chi connectivity index (χ1) is 9.84. The number of aromatic amines is 1. The van der Waals surface area contributed by atoms with Gasteiger partial charge in [-0.25, -0.2) is 0 Å². The molecule has 4 nitrogen and oxygen atoms in total. The second-order valence-electron chi connectivity index (χ2n) is 5.02. The van der Waals surface area contributed by atoms with E-state index in [1.54, 1.807) is 6.20 Å². The Morgan fingerprint density at radius 2 is 2.00 bits per heavy atom. The first-order valence-corrected chi connectivity index (χ1v) is 7.13. The van der Waals surface area contributed by atoms with Crippen LogP contribution in [0.5, 0.6) is 0 Å². The SMILES string of the molecule is CN(CCCOCCc1ccccc1)Cc1ccn[nH]1. The lowest BCUT2D eigenvalue weighted by atomic mass is 10.2. The summed E-state index contributed by atoms with van der Waals surface area (Å²) in [6, 6.07) is 12.5. The molecule has 0 fully saturated rings. The van der Waals surface area contributed by atoms with Crippen LogP contribution in [0.1, 0.15) is 17.7 Å². The fourth-order valence-corrected chi connectivity index (χ4v) is 2.12. The predicted molar refractivity (Wildman–Crippen MR) is 80.5 cm³/mol. The number of rotatable bonds is 9. The molecule has 0 saturated carbocycles. The van der Waals surface area contributed by atoms with Crippen LogP contribution in [0.4, 0.5) is 0 Å². The van der Waals surface area contributed by atoms with Crippen LogP contribution in [0.25, 0.3) is 0 Å². The molecule has 1 aromatic heterocycles. The zero-order valence-corrected chi connectivity index (χ0v) is 12.1. The van der Waals surface area contributed by atoms with E-state index in [4.69, 9.17) is 4.74 Å². The van der Waals surface area contributed by atoms with Crippen LogP contribution in [0.3, 0.4) is 0 Å². The summed E-state index contributed by atoms with van der Waals surface area (Å²) < 4.78 is 5.68. The largest absolute Gasteiger partial charge is 0.381 e. The molecule has 0 saturated heterocycles. The summed E-state index contributed by atoms with van der Waals surface area (Å²) in [7, 11) is 2.12. The Kier molecular flexibility index (Phi) is 6.27. The lowest BCUT2D eigenvalue weighted by molar-refractivity contribution is 0.125. The van der Waals surface area contributed by atoms with Crippen molar-refractivity contribution in [1.29, 1.82) is 0 Å². The second kappa shape index (κ2) is 8.51. The normalized spacial score (nSPS) is 11.1. The monoisotopic (exact) mass is 273 g/mol. The Bertz CT molecular complexity index is 456. The number of hydrogen-bond donors (Lipinski definition) is 1. The molecule has 0 unspecified atom stereocenters. The molecule has 0 bridgehead atoms. The van der Waals surface area contributed by atoms with E-state index in [9.17, 15) is 0 Å². The van der Waals surface area contributed by atoms with Crippen LogP contribution in [0, 0.1) is 0 Å². The van der Waals surface area contributed by atoms with Gasteiger partial charge in [0, 0.05) is 31.6 Å². The van der Waals surface area contributed by atoms with Crippen molar-refractivity contribution in [3.63, 3.8) is 0 Å². The van der Waals surface area contributed by atoms with Gasteiger partial charge in [0.25, 0.3) is 0 Å². The Morgan fingerprint density at radius 3 is 2.75 bits per heavy atom. The summed E-state index contributed by atoms with van der Waals surface area (Å²) >= 11 is 0. The van der Waals surface area contributed by atoms with E-state index >= 15 is 0 Å². The molecule has 0 atom stereocenters. The molecule has 2 aromatic rings. The Morgan fingerprint density at radius 1 is 1.15 bits per heavy atom. The van der Waals surface area contributed by atoms with Crippen molar-refractivity contribution in [3.8, 4) is 0 Å². The fourth-order valence-electron chi connectivity index (χ4n) is 2.12. The maximum absolute atomic E-state index is 5.68. The quantitative estimate of drug-likeness (QED) is 0.714. The molecule has 0 aliphatic rings. The lowest BCUT2D eigenvalue weighted by Crippen LogP contribution is -2.20. The van der Waals surface area contributed by atoms with E-state index in [-0.39, 0.29) is 0 Å². The van der Waals surface area contributed by atoms with E-state index in [1.165, 1.54) is 5.56 Å². The van der Waals surface area contributed by atoms with Crippen LogP contribution in [0.15, 0.2) is 42.6 Å². The molecule has 4 heteroatoms. The molecule has 0 aliphatic carbocycles. The maximum Gasteiger partial charge on any atom is 0.0506 e. The zero-order valence-electron chi connectivity index (χ0n) is 12.1. The average Bonchev–Trinajstić information content (AvgIpc) is 2.96. The summed E-state index contributed by atoms with van der Waals surface area (Å²) in [5.41, 5.74) is 2.49. The minimum Gasteiger partial charge on any atom is -0.381 e. The lowest BCUT2D eigenvalue weighted by Gasteiger charge is -2.15. The van der Waals surface area contributed by atoms with Gasteiger partial charge in [-0.15, -0.1) is 0 Å². The van der Waals surface area contributed by atoms with Crippen LogP contribution in [0.2, 0.25) is 0 Å².